The number of nitrogens with zero attached hydrogens (tertiary/aromatic N) is 1. The number of rotatable bonds is 6. The Hall–Kier alpha value is -1.36. The van der Waals surface area contributed by atoms with Gasteiger partial charge in [0, 0.05) is 17.7 Å². The average molecular weight is 229 g/mol. The van der Waals surface area contributed by atoms with Crippen molar-refractivity contribution >= 4 is 11.9 Å². The van der Waals surface area contributed by atoms with E-state index in [1.165, 1.54) is 0 Å². The van der Waals surface area contributed by atoms with Crippen molar-refractivity contribution in [3.05, 3.63) is 11.1 Å². The van der Waals surface area contributed by atoms with Gasteiger partial charge in [0.15, 0.2) is 0 Å². The van der Waals surface area contributed by atoms with Crippen LogP contribution in [0.3, 0.4) is 0 Å². The van der Waals surface area contributed by atoms with Gasteiger partial charge in [0.2, 0.25) is 0 Å². The molecule has 0 aliphatic rings. The standard InChI is InChI=1S/C11H19NO4/c1-7(2)9(11(15)16)8(10(13)14)5-6-12(3)4/h7H,5-6H2,1-4H3,(H,13,14)(H,15,16)/b9-8+. The molecule has 5 heteroatoms. The fraction of sp³-hybridized carbons (Fsp3) is 0.636. The summed E-state index contributed by atoms with van der Waals surface area (Å²) in [4.78, 5) is 23.8. The van der Waals surface area contributed by atoms with E-state index in [9.17, 15) is 9.59 Å². The zero-order valence-corrected chi connectivity index (χ0v) is 10.1. The van der Waals surface area contributed by atoms with Gasteiger partial charge in [-0.15, -0.1) is 0 Å². The molecule has 0 saturated heterocycles. The van der Waals surface area contributed by atoms with Crippen molar-refractivity contribution in [1.29, 1.82) is 0 Å². The molecule has 0 unspecified atom stereocenters. The molecule has 5 nitrogen and oxygen atoms in total. The number of carboxylic acids is 2. The zero-order valence-electron chi connectivity index (χ0n) is 10.1. The molecule has 0 aromatic rings. The molecule has 0 aromatic carbocycles. The Morgan fingerprint density at radius 2 is 1.62 bits per heavy atom. The normalized spacial score (nSPS) is 12.9. The van der Waals surface area contributed by atoms with Crippen LogP contribution < -0.4 is 0 Å². The third-order valence-electron chi connectivity index (χ3n) is 2.20. The van der Waals surface area contributed by atoms with Gasteiger partial charge in [-0.05, 0) is 26.4 Å². The summed E-state index contributed by atoms with van der Waals surface area (Å²) in [6.45, 7) is 3.88. The molecule has 0 aliphatic carbocycles. The summed E-state index contributed by atoms with van der Waals surface area (Å²) in [6.07, 6.45) is 0.238. The van der Waals surface area contributed by atoms with Crippen LogP contribution in [0.4, 0.5) is 0 Å². The Morgan fingerprint density at radius 3 is 1.88 bits per heavy atom. The minimum atomic E-state index is -1.15. The first-order valence-electron chi connectivity index (χ1n) is 5.11. The number of carboxylic acid groups (broad SMARTS) is 2. The fourth-order valence-corrected chi connectivity index (χ4v) is 1.42. The quantitative estimate of drug-likeness (QED) is 0.666. The number of carbonyl (C=O) groups is 2. The molecular formula is C11H19NO4. The number of aliphatic carboxylic acids is 2. The molecule has 0 bridgehead atoms. The third kappa shape index (κ3) is 4.44. The van der Waals surface area contributed by atoms with Gasteiger partial charge in [0.25, 0.3) is 0 Å². The van der Waals surface area contributed by atoms with E-state index in [0.717, 1.165) is 0 Å². The molecule has 2 N–H and O–H groups in total. The first-order valence-corrected chi connectivity index (χ1v) is 5.11. The van der Waals surface area contributed by atoms with E-state index in [1.807, 2.05) is 19.0 Å². The van der Waals surface area contributed by atoms with Gasteiger partial charge in [-0.1, -0.05) is 13.8 Å². The molecule has 0 rings (SSSR count). The molecule has 92 valence electrons. The summed E-state index contributed by atoms with van der Waals surface area (Å²) >= 11 is 0. The van der Waals surface area contributed by atoms with Crippen LogP contribution in [-0.4, -0.2) is 47.7 Å². The maximum Gasteiger partial charge on any atom is 0.332 e. The molecule has 0 aliphatic heterocycles. The van der Waals surface area contributed by atoms with Crippen LogP contribution in [0, 0.1) is 5.92 Å². The second kappa shape index (κ2) is 6.27. The van der Waals surface area contributed by atoms with Crippen molar-refractivity contribution in [2.45, 2.75) is 20.3 Å². The van der Waals surface area contributed by atoms with Crippen LogP contribution in [0.1, 0.15) is 20.3 Å². The molecule has 0 spiro atoms. The lowest BCUT2D eigenvalue weighted by Crippen LogP contribution is -2.20. The highest BCUT2D eigenvalue weighted by Crippen LogP contribution is 2.18. The predicted octanol–water partition coefficient (Wildman–Crippen LogP) is 1.06. The highest BCUT2D eigenvalue weighted by molar-refractivity contribution is 5.99. The lowest BCUT2D eigenvalue weighted by molar-refractivity contribution is -0.136. The Morgan fingerprint density at radius 1 is 1.12 bits per heavy atom. The summed E-state index contributed by atoms with van der Waals surface area (Å²) in [6, 6.07) is 0. The van der Waals surface area contributed by atoms with Crippen molar-refractivity contribution in [2.75, 3.05) is 20.6 Å². The summed E-state index contributed by atoms with van der Waals surface area (Å²) in [5.74, 6) is -2.59. The maximum absolute atomic E-state index is 11.0. The van der Waals surface area contributed by atoms with Crippen molar-refractivity contribution in [1.82, 2.24) is 4.90 Å². The van der Waals surface area contributed by atoms with E-state index < -0.39 is 11.9 Å². The van der Waals surface area contributed by atoms with Gasteiger partial charge >= 0.3 is 11.9 Å². The average Bonchev–Trinajstić information content (AvgIpc) is 2.09. The molecule has 0 amide bonds. The molecule has 0 heterocycles. The SMILES string of the molecule is CC(C)/C(C(=O)O)=C(/CCN(C)C)C(=O)O. The molecule has 0 saturated carbocycles. The first kappa shape index (κ1) is 14.6. The second-order valence-electron chi connectivity index (χ2n) is 4.21. The monoisotopic (exact) mass is 229 g/mol. The lowest BCUT2D eigenvalue weighted by Gasteiger charge is -2.14. The topological polar surface area (TPSA) is 77.8 Å². The van der Waals surface area contributed by atoms with E-state index in [1.54, 1.807) is 13.8 Å². The van der Waals surface area contributed by atoms with Crippen LogP contribution >= 0.6 is 0 Å². The zero-order chi connectivity index (χ0) is 12.9. The van der Waals surface area contributed by atoms with Crippen LogP contribution in [0.15, 0.2) is 11.1 Å². The Balaban J connectivity index is 5.16. The van der Waals surface area contributed by atoms with Crippen molar-refractivity contribution in [3.63, 3.8) is 0 Å². The molecular weight excluding hydrogens is 210 g/mol. The van der Waals surface area contributed by atoms with Crippen LogP contribution in [0.25, 0.3) is 0 Å². The Labute approximate surface area is 95.4 Å². The van der Waals surface area contributed by atoms with Gasteiger partial charge in [0.05, 0.1) is 0 Å². The summed E-state index contributed by atoms with van der Waals surface area (Å²) in [7, 11) is 3.63. The van der Waals surface area contributed by atoms with E-state index >= 15 is 0 Å². The van der Waals surface area contributed by atoms with E-state index in [2.05, 4.69) is 0 Å². The van der Waals surface area contributed by atoms with E-state index in [4.69, 9.17) is 10.2 Å². The maximum atomic E-state index is 11.0. The van der Waals surface area contributed by atoms with E-state index in [0.29, 0.717) is 6.54 Å². The smallest absolute Gasteiger partial charge is 0.332 e. The summed E-state index contributed by atoms with van der Waals surface area (Å²) in [5, 5.41) is 18.0. The Kier molecular flexibility index (Phi) is 5.74. The minimum absolute atomic E-state index is 0.00352. The third-order valence-corrected chi connectivity index (χ3v) is 2.20. The highest BCUT2D eigenvalue weighted by Gasteiger charge is 2.22. The van der Waals surface area contributed by atoms with Crippen molar-refractivity contribution < 1.29 is 19.8 Å². The molecule has 0 radical (unpaired) electrons. The van der Waals surface area contributed by atoms with Crippen LogP contribution in [0.2, 0.25) is 0 Å². The highest BCUT2D eigenvalue weighted by atomic mass is 16.4. The lowest BCUT2D eigenvalue weighted by atomic mass is 9.95. The van der Waals surface area contributed by atoms with Crippen molar-refractivity contribution in [2.24, 2.45) is 5.92 Å². The van der Waals surface area contributed by atoms with E-state index in [-0.39, 0.29) is 23.5 Å². The summed E-state index contributed by atoms with van der Waals surface area (Å²) < 4.78 is 0. The fourth-order valence-electron chi connectivity index (χ4n) is 1.42. The Bertz CT molecular complexity index is 305. The number of hydrogen-bond acceptors (Lipinski definition) is 3. The first-order chi connectivity index (χ1) is 7.27. The van der Waals surface area contributed by atoms with Gasteiger partial charge < -0.3 is 15.1 Å². The molecule has 16 heavy (non-hydrogen) atoms. The molecule has 0 aromatic heterocycles. The summed E-state index contributed by atoms with van der Waals surface area (Å²) in [5.41, 5.74) is -0.00875. The number of hydrogen-bond donors (Lipinski definition) is 2. The minimum Gasteiger partial charge on any atom is -0.478 e. The van der Waals surface area contributed by atoms with Crippen LogP contribution in [0.5, 0.6) is 0 Å². The predicted molar refractivity (Wildman–Crippen MR) is 60.3 cm³/mol. The van der Waals surface area contributed by atoms with Gasteiger partial charge in [-0.2, -0.15) is 0 Å². The second-order valence-corrected chi connectivity index (χ2v) is 4.21. The molecule has 0 fully saturated rings. The van der Waals surface area contributed by atoms with Gasteiger partial charge in [0.1, 0.15) is 0 Å². The largest absolute Gasteiger partial charge is 0.478 e. The van der Waals surface area contributed by atoms with Gasteiger partial charge in [-0.3, -0.25) is 0 Å². The van der Waals surface area contributed by atoms with Gasteiger partial charge in [-0.25, -0.2) is 9.59 Å². The van der Waals surface area contributed by atoms with Crippen LogP contribution in [-0.2, 0) is 9.59 Å². The van der Waals surface area contributed by atoms with Crippen molar-refractivity contribution in [3.8, 4) is 0 Å². The molecule has 0 atom stereocenters.